The molecule has 0 saturated heterocycles. The van der Waals surface area contributed by atoms with Crippen LogP contribution in [0.2, 0.25) is 0 Å². The molecule has 2 heteroatoms. The molecular formula is C25H31NO. The van der Waals surface area contributed by atoms with Crippen LogP contribution in [-0.4, -0.2) is 20.2 Å². The number of benzene rings is 2. The average molecular weight is 362 g/mol. The molecule has 0 fully saturated rings. The highest BCUT2D eigenvalue weighted by atomic mass is 16.5. The topological polar surface area (TPSA) is 12.5 Å². The number of ether oxygens (including phenoxy) is 1. The van der Waals surface area contributed by atoms with Crippen LogP contribution in [0.5, 0.6) is 5.75 Å². The fraction of sp³-hybridized carbons (Fsp3) is 0.440. The molecule has 2 nitrogen and oxygen atoms in total. The zero-order valence-electron chi connectivity index (χ0n) is 17.3. The van der Waals surface area contributed by atoms with Crippen LogP contribution in [0.1, 0.15) is 62.8 Å². The highest BCUT2D eigenvalue weighted by Gasteiger charge is 2.42. The van der Waals surface area contributed by atoms with Crippen molar-refractivity contribution in [3.8, 4) is 5.75 Å². The number of anilines is 1. The van der Waals surface area contributed by atoms with Gasteiger partial charge >= 0.3 is 0 Å². The van der Waals surface area contributed by atoms with Crippen molar-refractivity contribution in [1.29, 1.82) is 0 Å². The Labute approximate surface area is 163 Å². The second kappa shape index (κ2) is 6.44. The van der Waals surface area contributed by atoms with Crippen molar-refractivity contribution in [2.24, 2.45) is 0 Å². The van der Waals surface area contributed by atoms with Gasteiger partial charge in [-0.15, -0.1) is 0 Å². The van der Waals surface area contributed by atoms with Crippen LogP contribution in [0.4, 0.5) is 5.69 Å². The van der Waals surface area contributed by atoms with Crippen molar-refractivity contribution in [2.75, 3.05) is 25.1 Å². The number of hydrogen-bond acceptors (Lipinski definition) is 2. The molecule has 2 aliphatic rings. The van der Waals surface area contributed by atoms with Gasteiger partial charge in [0.25, 0.3) is 0 Å². The molecule has 0 aliphatic carbocycles. The molecule has 2 heterocycles. The van der Waals surface area contributed by atoms with Gasteiger partial charge in [0.2, 0.25) is 0 Å². The number of hydrogen-bond donors (Lipinski definition) is 0. The molecule has 4 rings (SSSR count). The number of nitrogens with zero attached hydrogens (tertiary/aromatic N) is 1. The zero-order chi connectivity index (χ0) is 19.2. The highest BCUT2D eigenvalue weighted by molar-refractivity contribution is 5.81. The molecule has 0 N–H and O–H groups in total. The van der Waals surface area contributed by atoms with Gasteiger partial charge in [-0.25, -0.2) is 0 Å². The van der Waals surface area contributed by atoms with Crippen LogP contribution in [-0.2, 0) is 10.8 Å². The van der Waals surface area contributed by atoms with E-state index in [-0.39, 0.29) is 10.8 Å². The van der Waals surface area contributed by atoms with Crippen LogP contribution in [0.25, 0.3) is 12.2 Å². The van der Waals surface area contributed by atoms with Crippen molar-refractivity contribution in [2.45, 2.75) is 51.4 Å². The van der Waals surface area contributed by atoms with Gasteiger partial charge in [0.05, 0.1) is 7.11 Å². The molecule has 0 saturated carbocycles. The van der Waals surface area contributed by atoms with E-state index in [9.17, 15) is 0 Å². The van der Waals surface area contributed by atoms with Gasteiger partial charge in [-0.3, -0.25) is 0 Å². The minimum atomic E-state index is 0.121. The summed E-state index contributed by atoms with van der Waals surface area (Å²) in [7, 11) is 1.82. The number of rotatable bonds is 3. The van der Waals surface area contributed by atoms with E-state index in [2.05, 4.69) is 81.1 Å². The molecule has 0 unspecified atom stereocenters. The third kappa shape index (κ3) is 3.05. The maximum atomic E-state index is 6.03. The monoisotopic (exact) mass is 361 g/mol. The molecular weight excluding hydrogens is 330 g/mol. The molecule has 0 spiro atoms. The van der Waals surface area contributed by atoms with Crippen molar-refractivity contribution >= 4 is 17.8 Å². The summed E-state index contributed by atoms with van der Waals surface area (Å²) < 4.78 is 6.03. The first-order valence-corrected chi connectivity index (χ1v) is 10.1. The minimum Gasteiger partial charge on any atom is -0.496 e. The molecule has 2 aromatic rings. The smallest absolute Gasteiger partial charge is 0.131 e. The quantitative estimate of drug-likeness (QED) is 0.618. The second-order valence-corrected chi connectivity index (χ2v) is 9.27. The van der Waals surface area contributed by atoms with Crippen LogP contribution in [0.3, 0.4) is 0 Å². The maximum absolute atomic E-state index is 6.03. The Kier molecular flexibility index (Phi) is 4.33. The lowest BCUT2D eigenvalue weighted by atomic mass is 9.68. The summed E-state index contributed by atoms with van der Waals surface area (Å²) in [6.45, 7) is 11.8. The molecule has 0 radical (unpaired) electrons. The Morgan fingerprint density at radius 2 is 1.59 bits per heavy atom. The van der Waals surface area contributed by atoms with Crippen molar-refractivity contribution in [1.82, 2.24) is 0 Å². The molecule has 0 amide bonds. The summed E-state index contributed by atoms with van der Waals surface area (Å²) >= 11 is 0. The van der Waals surface area contributed by atoms with Gasteiger partial charge in [0, 0.05) is 29.9 Å². The SMILES string of the molecule is COc1c(C=Cc2ccccc2)cc2c3c1C(C)(C)CCN3CCC2(C)C. The predicted octanol–water partition coefficient (Wildman–Crippen LogP) is 6.03. The van der Waals surface area contributed by atoms with Crippen LogP contribution in [0.15, 0.2) is 36.4 Å². The third-order valence-electron chi connectivity index (χ3n) is 6.48. The van der Waals surface area contributed by atoms with E-state index in [1.807, 2.05) is 7.11 Å². The van der Waals surface area contributed by atoms with Gasteiger partial charge in [-0.2, -0.15) is 0 Å². The lowest BCUT2D eigenvalue weighted by molar-refractivity contribution is 0.362. The Bertz CT molecular complexity index is 875. The van der Waals surface area contributed by atoms with Crippen LogP contribution >= 0.6 is 0 Å². The predicted molar refractivity (Wildman–Crippen MR) is 116 cm³/mol. The number of methoxy groups -OCH3 is 1. The third-order valence-corrected chi connectivity index (χ3v) is 6.48. The minimum absolute atomic E-state index is 0.121. The molecule has 0 atom stereocenters. The standard InChI is InChI=1S/C25H31NO/c1-24(2)13-15-26-16-14-25(3,4)21-22(26)20(24)17-19(23(21)27-5)12-11-18-9-7-6-8-10-18/h6-12,17H,13-16H2,1-5H3. The van der Waals surface area contributed by atoms with E-state index in [1.54, 1.807) is 0 Å². The van der Waals surface area contributed by atoms with Crippen LogP contribution in [0, 0.1) is 0 Å². The summed E-state index contributed by atoms with van der Waals surface area (Å²) in [6, 6.07) is 12.9. The molecule has 142 valence electrons. The summed E-state index contributed by atoms with van der Waals surface area (Å²) in [5.74, 6) is 1.05. The van der Waals surface area contributed by atoms with E-state index < -0.39 is 0 Å². The second-order valence-electron chi connectivity index (χ2n) is 9.27. The average Bonchev–Trinajstić information content (AvgIpc) is 2.65. The summed E-state index contributed by atoms with van der Waals surface area (Å²) in [5, 5.41) is 0. The van der Waals surface area contributed by atoms with Gasteiger partial charge in [-0.1, -0.05) is 70.2 Å². The van der Waals surface area contributed by atoms with Crippen molar-refractivity contribution < 1.29 is 4.74 Å². The first-order chi connectivity index (χ1) is 12.8. The van der Waals surface area contributed by atoms with Crippen LogP contribution < -0.4 is 9.64 Å². The molecule has 0 bridgehead atoms. The fourth-order valence-electron chi connectivity index (χ4n) is 4.67. The Balaban J connectivity index is 1.95. The molecule has 2 aliphatic heterocycles. The summed E-state index contributed by atoms with van der Waals surface area (Å²) in [4.78, 5) is 2.59. The van der Waals surface area contributed by atoms with Gasteiger partial charge in [0.15, 0.2) is 0 Å². The lowest BCUT2D eigenvalue weighted by Crippen LogP contribution is -2.45. The van der Waals surface area contributed by atoms with E-state index >= 15 is 0 Å². The van der Waals surface area contributed by atoms with E-state index in [0.717, 1.165) is 18.8 Å². The maximum Gasteiger partial charge on any atom is 0.131 e. The van der Waals surface area contributed by atoms with Gasteiger partial charge in [0.1, 0.15) is 5.75 Å². The fourth-order valence-corrected chi connectivity index (χ4v) is 4.67. The zero-order valence-corrected chi connectivity index (χ0v) is 17.3. The first-order valence-electron chi connectivity index (χ1n) is 10.1. The van der Waals surface area contributed by atoms with E-state index in [4.69, 9.17) is 4.74 Å². The van der Waals surface area contributed by atoms with Crippen molar-refractivity contribution in [3.63, 3.8) is 0 Å². The normalized spacial score (nSPS) is 19.8. The molecule has 2 aromatic carbocycles. The van der Waals surface area contributed by atoms with E-state index in [1.165, 1.54) is 40.8 Å². The highest BCUT2D eigenvalue weighted by Crippen LogP contribution is 2.53. The molecule has 27 heavy (non-hydrogen) atoms. The molecule has 0 aromatic heterocycles. The first kappa shape index (κ1) is 18.2. The Hall–Kier alpha value is -2.22. The lowest BCUT2D eigenvalue weighted by Gasteiger charge is -2.48. The largest absolute Gasteiger partial charge is 0.496 e. The summed E-state index contributed by atoms with van der Waals surface area (Å²) in [5.41, 5.74) is 7.03. The summed E-state index contributed by atoms with van der Waals surface area (Å²) in [6.07, 6.45) is 6.79. The Morgan fingerprint density at radius 1 is 0.926 bits per heavy atom. The van der Waals surface area contributed by atoms with Crippen molar-refractivity contribution in [3.05, 3.63) is 58.7 Å². The van der Waals surface area contributed by atoms with Gasteiger partial charge in [-0.05, 0) is 40.9 Å². The van der Waals surface area contributed by atoms with Gasteiger partial charge < -0.3 is 9.64 Å². The van der Waals surface area contributed by atoms with E-state index in [0.29, 0.717) is 0 Å². The Morgan fingerprint density at radius 3 is 2.26 bits per heavy atom.